The molecule has 1 aromatic rings. The minimum Gasteiger partial charge on any atom is -0.480 e. The zero-order chi connectivity index (χ0) is 10.4. The molecule has 0 unspecified atom stereocenters. The predicted molar refractivity (Wildman–Crippen MR) is 51.8 cm³/mol. The van der Waals surface area contributed by atoms with Crippen LogP contribution in [0.1, 0.15) is 4.88 Å². The number of carboxylic acid groups (broad SMARTS) is 1. The molecule has 0 aliphatic carbocycles. The summed E-state index contributed by atoms with van der Waals surface area (Å²) in [5.41, 5.74) is 4.59. The highest BCUT2D eigenvalue weighted by Gasteiger charge is 2.03. The van der Waals surface area contributed by atoms with Crippen molar-refractivity contribution in [2.45, 2.75) is 6.42 Å². The molecule has 0 saturated carbocycles. The summed E-state index contributed by atoms with van der Waals surface area (Å²) >= 11 is 1.49. The number of rotatable bonds is 5. The number of carbonyl (C=O) groups excluding carboxylic acids is 1. The highest BCUT2D eigenvalue weighted by Crippen LogP contribution is 2.08. The summed E-state index contributed by atoms with van der Waals surface area (Å²) in [7, 11) is 0. The monoisotopic (exact) mass is 214 g/mol. The van der Waals surface area contributed by atoms with Crippen LogP contribution in [0.25, 0.3) is 0 Å². The van der Waals surface area contributed by atoms with Gasteiger partial charge in [0.05, 0.1) is 6.42 Å². The molecular formula is C8H10N2O3S. The van der Waals surface area contributed by atoms with Gasteiger partial charge in [0.25, 0.3) is 0 Å². The zero-order valence-corrected chi connectivity index (χ0v) is 8.13. The standard InChI is InChI=1S/C8H10N2O3S/c11-7(10-9-5-8(12)13)4-6-2-1-3-14-6/h1-3,9H,4-5H2,(H,10,11)(H,12,13). The van der Waals surface area contributed by atoms with E-state index in [2.05, 4.69) is 10.9 Å². The third-order valence-electron chi connectivity index (χ3n) is 1.38. The summed E-state index contributed by atoms with van der Waals surface area (Å²) in [6, 6.07) is 3.71. The molecular weight excluding hydrogens is 204 g/mol. The molecule has 0 radical (unpaired) electrons. The highest BCUT2D eigenvalue weighted by atomic mass is 32.1. The Balaban J connectivity index is 2.20. The number of nitrogens with one attached hydrogen (secondary N) is 2. The molecule has 0 aliphatic heterocycles. The van der Waals surface area contributed by atoms with Crippen molar-refractivity contribution in [2.24, 2.45) is 0 Å². The first-order valence-electron chi connectivity index (χ1n) is 3.94. The molecule has 1 rings (SSSR count). The molecule has 3 N–H and O–H groups in total. The first-order chi connectivity index (χ1) is 6.68. The van der Waals surface area contributed by atoms with Crippen LogP contribution < -0.4 is 10.9 Å². The van der Waals surface area contributed by atoms with Gasteiger partial charge in [-0.15, -0.1) is 11.3 Å². The van der Waals surface area contributed by atoms with Gasteiger partial charge >= 0.3 is 5.97 Å². The number of hydrogen-bond acceptors (Lipinski definition) is 4. The number of hydrogen-bond donors (Lipinski definition) is 3. The van der Waals surface area contributed by atoms with Crippen molar-refractivity contribution in [3.05, 3.63) is 22.4 Å². The number of carboxylic acids is 1. The second kappa shape index (κ2) is 5.36. The van der Waals surface area contributed by atoms with Gasteiger partial charge in [0.1, 0.15) is 6.54 Å². The summed E-state index contributed by atoms with van der Waals surface area (Å²) in [5.74, 6) is -1.25. The van der Waals surface area contributed by atoms with Crippen LogP contribution in [0.4, 0.5) is 0 Å². The van der Waals surface area contributed by atoms with E-state index in [-0.39, 0.29) is 18.9 Å². The minimum absolute atomic E-state index is 0.242. The molecule has 5 nitrogen and oxygen atoms in total. The molecule has 0 spiro atoms. The number of amides is 1. The van der Waals surface area contributed by atoms with E-state index in [4.69, 9.17) is 5.11 Å². The van der Waals surface area contributed by atoms with Crippen molar-refractivity contribution in [1.29, 1.82) is 0 Å². The topological polar surface area (TPSA) is 78.4 Å². The van der Waals surface area contributed by atoms with Gasteiger partial charge in [-0.2, -0.15) is 0 Å². The maximum Gasteiger partial charge on any atom is 0.319 e. The maximum absolute atomic E-state index is 11.1. The minimum atomic E-state index is -1.01. The average Bonchev–Trinajstić information content (AvgIpc) is 2.56. The fourth-order valence-electron chi connectivity index (χ4n) is 0.834. The summed E-state index contributed by atoms with van der Waals surface area (Å²) in [6.45, 7) is -0.282. The van der Waals surface area contributed by atoms with Crippen LogP contribution >= 0.6 is 11.3 Å². The van der Waals surface area contributed by atoms with Crippen LogP contribution in [0, 0.1) is 0 Å². The zero-order valence-electron chi connectivity index (χ0n) is 7.32. The first kappa shape index (κ1) is 10.7. The second-order valence-electron chi connectivity index (χ2n) is 2.55. The first-order valence-corrected chi connectivity index (χ1v) is 4.82. The molecule has 0 atom stereocenters. The van der Waals surface area contributed by atoms with Gasteiger partial charge in [-0.3, -0.25) is 15.0 Å². The van der Waals surface area contributed by atoms with Crippen LogP contribution in [-0.4, -0.2) is 23.5 Å². The van der Waals surface area contributed by atoms with E-state index in [0.29, 0.717) is 0 Å². The molecule has 76 valence electrons. The summed E-state index contributed by atoms with van der Waals surface area (Å²) in [4.78, 5) is 22.2. The fraction of sp³-hybridized carbons (Fsp3) is 0.250. The smallest absolute Gasteiger partial charge is 0.319 e. The molecule has 0 aliphatic rings. The van der Waals surface area contributed by atoms with E-state index in [9.17, 15) is 9.59 Å². The fourth-order valence-corrected chi connectivity index (χ4v) is 1.54. The van der Waals surface area contributed by atoms with Crippen LogP contribution in [0.15, 0.2) is 17.5 Å². The molecule has 1 aromatic heterocycles. The van der Waals surface area contributed by atoms with Gasteiger partial charge in [0.2, 0.25) is 5.91 Å². The van der Waals surface area contributed by atoms with Crippen molar-refractivity contribution >= 4 is 23.2 Å². The Labute approximate surface area is 84.7 Å². The molecule has 0 fully saturated rings. The van der Waals surface area contributed by atoms with Gasteiger partial charge in [-0.25, -0.2) is 5.43 Å². The lowest BCUT2D eigenvalue weighted by molar-refractivity contribution is -0.136. The van der Waals surface area contributed by atoms with Gasteiger partial charge < -0.3 is 5.11 Å². The normalized spacial score (nSPS) is 9.71. The van der Waals surface area contributed by atoms with Crippen LogP contribution in [0.2, 0.25) is 0 Å². The van der Waals surface area contributed by atoms with Gasteiger partial charge in [0, 0.05) is 4.88 Å². The van der Waals surface area contributed by atoms with Crippen molar-refractivity contribution in [3.8, 4) is 0 Å². The van der Waals surface area contributed by atoms with E-state index in [1.54, 1.807) is 0 Å². The Morgan fingerprint density at radius 1 is 1.50 bits per heavy atom. The van der Waals surface area contributed by atoms with Crippen molar-refractivity contribution in [2.75, 3.05) is 6.54 Å². The summed E-state index contributed by atoms with van der Waals surface area (Å²) in [5, 5.41) is 10.2. The largest absolute Gasteiger partial charge is 0.480 e. The number of hydrazine groups is 1. The molecule has 14 heavy (non-hydrogen) atoms. The molecule has 0 aromatic carbocycles. The summed E-state index contributed by atoms with van der Waals surface area (Å²) in [6.07, 6.45) is 0.268. The lowest BCUT2D eigenvalue weighted by Gasteiger charge is -2.03. The highest BCUT2D eigenvalue weighted by molar-refractivity contribution is 7.10. The lowest BCUT2D eigenvalue weighted by Crippen LogP contribution is -2.41. The summed E-state index contributed by atoms with van der Waals surface area (Å²) < 4.78 is 0. The Kier molecular flexibility index (Phi) is 4.09. The van der Waals surface area contributed by atoms with Gasteiger partial charge in [-0.05, 0) is 11.4 Å². The predicted octanol–water partition coefficient (Wildman–Crippen LogP) is -0.00400. The Morgan fingerprint density at radius 2 is 2.29 bits per heavy atom. The van der Waals surface area contributed by atoms with Gasteiger partial charge in [0.15, 0.2) is 0 Å². The van der Waals surface area contributed by atoms with E-state index in [0.717, 1.165) is 4.88 Å². The number of carbonyl (C=O) groups is 2. The number of aliphatic carboxylic acids is 1. The average molecular weight is 214 g/mol. The molecule has 1 amide bonds. The molecule has 0 bridgehead atoms. The van der Waals surface area contributed by atoms with E-state index < -0.39 is 5.97 Å². The lowest BCUT2D eigenvalue weighted by atomic mass is 10.3. The third kappa shape index (κ3) is 4.01. The molecule has 1 heterocycles. The molecule has 6 heteroatoms. The van der Waals surface area contributed by atoms with Crippen LogP contribution in [-0.2, 0) is 16.0 Å². The van der Waals surface area contributed by atoms with E-state index in [1.165, 1.54) is 11.3 Å². The Bertz CT molecular complexity index is 310. The van der Waals surface area contributed by atoms with Crippen molar-refractivity contribution in [3.63, 3.8) is 0 Å². The van der Waals surface area contributed by atoms with Crippen LogP contribution in [0.3, 0.4) is 0 Å². The Morgan fingerprint density at radius 3 is 2.86 bits per heavy atom. The quantitative estimate of drug-likeness (QED) is 0.603. The SMILES string of the molecule is O=C(O)CNNC(=O)Cc1cccs1. The van der Waals surface area contributed by atoms with Crippen LogP contribution in [0.5, 0.6) is 0 Å². The third-order valence-corrected chi connectivity index (χ3v) is 2.26. The van der Waals surface area contributed by atoms with Gasteiger partial charge in [-0.1, -0.05) is 6.07 Å². The Hall–Kier alpha value is -1.40. The molecule has 0 saturated heterocycles. The number of thiophene rings is 1. The van der Waals surface area contributed by atoms with E-state index >= 15 is 0 Å². The second-order valence-corrected chi connectivity index (χ2v) is 3.58. The maximum atomic E-state index is 11.1. The van der Waals surface area contributed by atoms with Crippen molar-refractivity contribution < 1.29 is 14.7 Å². The van der Waals surface area contributed by atoms with Crippen molar-refractivity contribution in [1.82, 2.24) is 10.9 Å². The van der Waals surface area contributed by atoms with E-state index in [1.807, 2.05) is 17.5 Å².